The molecule has 0 bridgehead atoms. The van der Waals surface area contributed by atoms with Crippen LogP contribution in [0.2, 0.25) is 52.4 Å². The molecule has 0 fully saturated rings. The second kappa shape index (κ2) is 19.5. The molecule has 0 atom stereocenters. The predicted molar refractivity (Wildman–Crippen MR) is 288 cm³/mol. The monoisotopic (exact) mass is 1020 g/mol. The maximum absolute atomic E-state index is 5.90. The Kier molecular flexibility index (Phi) is 15.3. The van der Waals surface area contributed by atoms with Crippen molar-refractivity contribution < 1.29 is 26.8 Å². The van der Waals surface area contributed by atoms with Crippen molar-refractivity contribution in [1.82, 2.24) is 0 Å². The van der Waals surface area contributed by atoms with Gasteiger partial charge >= 0.3 is 53.5 Å². The minimum Gasteiger partial charge on any atom is -0.496 e. The zero-order chi connectivity index (χ0) is 47.3. The van der Waals surface area contributed by atoms with Crippen LogP contribution < -0.4 is 10.4 Å². The quantitative estimate of drug-likeness (QED) is 0.123. The van der Waals surface area contributed by atoms with Crippen molar-refractivity contribution in [3.05, 3.63) is 141 Å². The Morgan fingerprint density at radius 3 is 1.03 bits per heavy atom. The third kappa shape index (κ3) is 10.8. The Bertz CT molecular complexity index is 2800. The number of fused-ring (bicyclic) bond motifs is 2. The van der Waals surface area contributed by atoms with Crippen LogP contribution in [0.4, 0.5) is 0 Å². The van der Waals surface area contributed by atoms with Gasteiger partial charge in [-0.25, -0.2) is 0 Å². The number of halogens is 2. The zero-order valence-electron chi connectivity index (χ0n) is 41.7. The summed E-state index contributed by atoms with van der Waals surface area (Å²) >= 11 is -1.65. The fraction of sp³-hybridized carbons (Fsp3) is 0.321. The van der Waals surface area contributed by atoms with Crippen molar-refractivity contribution in [3.8, 4) is 44.9 Å². The van der Waals surface area contributed by atoms with Crippen LogP contribution in [-0.2, 0) is 18.0 Å². The first-order valence-electron chi connectivity index (χ1n) is 22.5. The molecule has 0 aliphatic rings. The number of hydrogen-bond acceptors (Lipinski definition) is 2. The second-order valence-corrected chi connectivity index (χ2v) is 53.4. The summed E-state index contributed by atoms with van der Waals surface area (Å²) in [4.78, 5) is 0. The van der Waals surface area contributed by atoms with Gasteiger partial charge in [-0.15, -0.1) is 57.9 Å². The fourth-order valence-corrected chi connectivity index (χ4v) is 15.0. The van der Waals surface area contributed by atoms with E-state index in [0.29, 0.717) is 0 Å². The van der Waals surface area contributed by atoms with E-state index in [9.17, 15) is 0 Å². The smallest absolute Gasteiger partial charge is 0.0896 e. The largest absolute Gasteiger partial charge is 0.496 e. The van der Waals surface area contributed by atoms with Crippen molar-refractivity contribution in [2.24, 2.45) is 0 Å². The summed E-state index contributed by atoms with van der Waals surface area (Å²) < 4.78 is 11.8. The van der Waals surface area contributed by atoms with Crippen LogP contribution in [0.15, 0.2) is 93.8 Å². The number of hydrogen-bond donors (Lipinski definition) is 0. The molecule has 8 heteroatoms. The molecular formula is C56H68Cl2O2Si3Zr-2. The molecule has 0 radical (unpaired) electrons. The molecule has 0 saturated carbocycles. The number of rotatable bonds is 6. The maximum Gasteiger partial charge on any atom is 0.0896 e. The van der Waals surface area contributed by atoms with Gasteiger partial charge < -0.3 is 8.83 Å². The van der Waals surface area contributed by atoms with Crippen molar-refractivity contribution in [2.45, 2.75) is 122 Å². The summed E-state index contributed by atoms with van der Waals surface area (Å²) in [6.45, 7) is 41.0. The van der Waals surface area contributed by atoms with Crippen molar-refractivity contribution in [2.75, 3.05) is 0 Å². The van der Waals surface area contributed by atoms with E-state index in [-0.39, 0.29) is 5.43 Å². The summed E-state index contributed by atoms with van der Waals surface area (Å²) in [6, 6.07) is 31.6. The Balaban J connectivity index is 0.000000189. The predicted octanol–water partition coefficient (Wildman–Crippen LogP) is 17.3. The van der Waals surface area contributed by atoms with E-state index in [4.69, 9.17) is 25.9 Å². The molecule has 0 spiro atoms. The molecule has 0 saturated heterocycles. The average Bonchev–Trinajstić information content (AvgIpc) is 3.98. The van der Waals surface area contributed by atoms with Crippen molar-refractivity contribution in [1.29, 1.82) is 0 Å². The molecule has 0 unspecified atom stereocenters. The first-order valence-corrected chi connectivity index (χ1v) is 42.1. The molecule has 6 aromatic carbocycles. The normalized spacial score (nSPS) is 11.8. The van der Waals surface area contributed by atoms with E-state index in [0.717, 1.165) is 34.2 Å². The Hall–Kier alpha value is -3.23. The van der Waals surface area contributed by atoms with E-state index in [1.807, 2.05) is 26.0 Å². The summed E-state index contributed by atoms with van der Waals surface area (Å²) in [6.07, 6.45) is 0. The van der Waals surface area contributed by atoms with Crippen LogP contribution in [0.1, 0.15) is 56.0 Å². The topological polar surface area (TPSA) is 26.3 Å². The maximum atomic E-state index is 5.90. The molecule has 2 aromatic heterocycles. The molecule has 64 heavy (non-hydrogen) atoms. The molecule has 2 heterocycles. The van der Waals surface area contributed by atoms with Crippen LogP contribution >= 0.6 is 17.0 Å². The van der Waals surface area contributed by atoms with Crippen LogP contribution in [0.25, 0.3) is 66.4 Å². The zero-order valence-corrected chi connectivity index (χ0v) is 48.6. The first-order chi connectivity index (χ1) is 29.8. The molecule has 8 aromatic rings. The standard InChI is InChI=1S/2C27H31OSi.C2H6Si.2ClH.Zr/c2*1-16-11-21-14-22(25-10-9-19(4)28-25)15-24(21)26(20(16)5)23-12-17(2)27(18(3)13-23)29(6,7)8;1-3-2;;;/h2*9-15H,1-8H3;1-2H3;2*1H;/q2*-1;;;;+2/p-2. The van der Waals surface area contributed by atoms with E-state index >= 15 is 0 Å². The third-order valence-electron chi connectivity index (χ3n) is 12.6. The van der Waals surface area contributed by atoms with Crippen LogP contribution in [-0.4, -0.2) is 21.6 Å². The SMILES string of the molecule is C[Si](C)=[Zr]([Cl])[Cl].Cc1ccc(-c2cc3c(-c4cc(C)c([Si](C)(C)C)c(C)c4)c(C)c(C)cc3[cH-]2)o1.Cc1ccc(-c2cc3c(-c4cc(C)c([Si](C)(C)C)c(C)c4)c(C)c(C)cc3[cH-]2)o1. The van der Waals surface area contributed by atoms with Crippen LogP contribution in [0, 0.1) is 69.2 Å². The van der Waals surface area contributed by atoms with Crippen molar-refractivity contribution >= 4 is 70.5 Å². The Morgan fingerprint density at radius 2 is 0.781 bits per heavy atom. The van der Waals surface area contributed by atoms with E-state index in [2.05, 4.69) is 181 Å². The van der Waals surface area contributed by atoms with Crippen LogP contribution in [0.3, 0.4) is 0 Å². The van der Waals surface area contributed by atoms with Gasteiger partial charge in [0.05, 0.1) is 39.2 Å². The first kappa shape index (κ1) is 50.2. The van der Waals surface area contributed by atoms with Gasteiger partial charge in [-0.05, 0) is 116 Å². The molecule has 8 rings (SSSR count). The van der Waals surface area contributed by atoms with Crippen molar-refractivity contribution in [3.63, 3.8) is 0 Å². The summed E-state index contributed by atoms with van der Waals surface area (Å²) in [5.74, 6) is 3.79. The Morgan fingerprint density at radius 1 is 0.469 bits per heavy atom. The van der Waals surface area contributed by atoms with Gasteiger partial charge in [0.1, 0.15) is 0 Å². The number of furan rings is 2. The van der Waals surface area contributed by atoms with Gasteiger partial charge in [0.15, 0.2) is 0 Å². The van der Waals surface area contributed by atoms with E-state index in [1.54, 1.807) is 10.4 Å². The molecule has 2 nitrogen and oxygen atoms in total. The van der Waals surface area contributed by atoms with Gasteiger partial charge in [0.25, 0.3) is 0 Å². The minimum atomic E-state index is -1.65. The fourth-order valence-electron chi connectivity index (χ4n) is 9.99. The molecule has 0 aliphatic heterocycles. The second-order valence-electron chi connectivity index (χ2n) is 20.4. The Labute approximate surface area is 401 Å². The molecule has 0 N–H and O–H groups in total. The number of benzene rings is 4. The number of aryl methyl sites for hydroxylation is 8. The summed E-state index contributed by atoms with van der Waals surface area (Å²) in [5.41, 5.74) is 18.6. The summed E-state index contributed by atoms with van der Waals surface area (Å²) in [5, 5.41) is 8.40. The minimum absolute atomic E-state index is 0.224. The van der Waals surface area contributed by atoms with Gasteiger partial charge in [-0.3, -0.25) is 0 Å². The van der Waals surface area contributed by atoms with Gasteiger partial charge in [-0.2, -0.15) is 0 Å². The molecule has 336 valence electrons. The van der Waals surface area contributed by atoms with E-state index in [1.165, 1.54) is 88.3 Å². The van der Waals surface area contributed by atoms with Gasteiger partial charge in [0, 0.05) is 0 Å². The van der Waals surface area contributed by atoms with E-state index < -0.39 is 34.1 Å². The molecule has 0 amide bonds. The van der Waals surface area contributed by atoms with Gasteiger partial charge in [0.2, 0.25) is 0 Å². The van der Waals surface area contributed by atoms with Crippen LogP contribution in [0.5, 0.6) is 0 Å². The average molecular weight is 1020 g/mol. The molecular weight excluding hydrogens is 951 g/mol. The van der Waals surface area contributed by atoms with Gasteiger partial charge in [-0.1, -0.05) is 130 Å². The molecule has 0 aliphatic carbocycles. The summed E-state index contributed by atoms with van der Waals surface area (Å²) in [7, 11) is 8.49. The third-order valence-corrected chi connectivity index (χ3v) is 37.0.